The summed E-state index contributed by atoms with van der Waals surface area (Å²) in [5.74, 6) is -0.134. The predicted molar refractivity (Wildman–Crippen MR) is 149 cm³/mol. The summed E-state index contributed by atoms with van der Waals surface area (Å²) in [6, 6.07) is 27.7. The molecule has 1 aromatic heterocycles. The van der Waals surface area contributed by atoms with Crippen LogP contribution in [-0.2, 0) is 9.59 Å². The van der Waals surface area contributed by atoms with Gasteiger partial charge in [-0.15, -0.1) is 0 Å². The van der Waals surface area contributed by atoms with Gasteiger partial charge in [0.15, 0.2) is 5.11 Å². The molecule has 3 aromatic carbocycles. The van der Waals surface area contributed by atoms with Gasteiger partial charge in [-0.1, -0.05) is 41.6 Å². The fourth-order valence-electron chi connectivity index (χ4n) is 3.51. The van der Waals surface area contributed by atoms with Gasteiger partial charge < -0.3 is 4.74 Å². The van der Waals surface area contributed by atoms with E-state index in [-0.39, 0.29) is 10.7 Å². The van der Waals surface area contributed by atoms with Crippen molar-refractivity contribution in [3.05, 3.63) is 113 Å². The van der Waals surface area contributed by atoms with E-state index in [1.165, 1.54) is 17.2 Å². The third-order valence-corrected chi connectivity index (χ3v) is 6.83. The molecule has 0 radical (unpaired) electrons. The van der Waals surface area contributed by atoms with E-state index in [0.29, 0.717) is 27.9 Å². The molecule has 0 atom stereocenters. The quantitative estimate of drug-likeness (QED) is 0.170. The maximum absolute atomic E-state index is 13.3. The zero-order valence-corrected chi connectivity index (χ0v) is 21.5. The molecule has 1 aliphatic heterocycles. The van der Waals surface area contributed by atoms with Gasteiger partial charge in [0.05, 0.1) is 5.69 Å². The van der Waals surface area contributed by atoms with Crippen molar-refractivity contribution >= 4 is 64.3 Å². The van der Waals surface area contributed by atoms with E-state index >= 15 is 0 Å². The maximum atomic E-state index is 13.3. The molecule has 0 bridgehead atoms. The van der Waals surface area contributed by atoms with Crippen LogP contribution >= 0.6 is 35.6 Å². The molecule has 5 rings (SSSR count). The highest BCUT2D eigenvalue weighted by atomic mass is 35.5. The molecular weight excluding hydrogens is 526 g/mol. The number of halogens is 1. The van der Waals surface area contributed by atoms with Crippen LogP contribution in [0.5, 0.6) is 11.6 Å². The molecule has 0 spiro atoms. The fourth-order valence-corrected chi connectivity index (χ4v) is 4.75. The molecule has 0 aliphatic carbocycles. The average Bonchev–Trinajstić information content (AvgIpc) is 2.90. The Bertz CT molecular complexity index is 1490. The molecule has 0 unspecified atom stereocenters. The van der Waals surface area contributed by atoms with Crippen LogP contribution in [-0.4, -0.2) is 21.9 Å². The van der Waals surface area contributed by atoms with Crippen molar-refractivity contribution in [3.63, 3.8) is 0 Å². The number of carbonyl (C=O) groups is 2. The molecule has 2 heterocycles. The molecule has 182 valence electrons. The standard InChI is InChI=1S/C28H18ClN3O3S2/c29-19-7-11-21(12-8-19)35-25-15-6-18(17-30-25)16-24-26(33)31-28(36)32(27(24)34)20-9-13-23(14-10-20)37-22-4-2-1-3-5-22/h1-17H,(H,31,33,36). The number of pyridine rings is 1. The van der Waals surface area contributed by atoms with Crippen molar-refractivity contribution in [1.29, 1.82) is 0 Å². The van der Waals surface area contributed by atoms with E-state index in [0.717, 1.165) is 9.79 Å². The van der Waals surface area contributed by atoms with E-state index in [1.54, 1.807) is 60.3 Å². The van der Waals surface area contributed by atoms with E-state index in [9.17, 15) is 9.59 Å². The van der Waals surface area contributed by atoms with E-state index in [2.05, 4.69) is 10.3 Å². The summed E-state index contributed by atoms with van der Waals surface area (Å²) in [6.45, 7) is 0. The zero-order chi connectivity index (χ0) is 25.8. The van der Waals surface area contributed by atoms with Gasteiger partial charge in [-0.2, -0.15) is 0 Å². The Kier molecular flexibility index (Phi) is 7.32. The molecule has 2 amide bonds. The van der Waals surface area contributed by atoms with E-state index < -0.39 is 11.8 Å². The molecule has 1 fully saturated rings. The summed E-state index contributed by atoms with van der Waals surface area (Å²) >= 11 is 12.8. The lowest BCUT2D eigenvalue weighted by Crippen LogP contribution is -2.54. The molecule has 1 aliphatic rings. The van der Waals surface area contributed by atoms with Crippen LogP contribution < -0.4 is 15.0 Å². The fraction of sp³-hybridized carbons (Fsp3) is 0. The number of thiocarbonyl (C=S) groups is 1. The number of rotatable bonds is 6. The second-order valence-corrected chi connectivity index (χ2v) is 9.82. The van der Waals surface area contributed by atoms with Gasteiger partial charge in [0, 0.05) is 27.1 Å². The Hall–Kier alpha value is -3.98. The number of nitrogens with one attached hydrogen (secondary N) is 1. The molecule has 4 aromatic rings. The number of amides is 2. The first-order valence-electron chi connectivity index (χ1n) is 11.1. The van der Waals surface area contributed by atoms with Crippen LogP contribution in [0, 0.1) is 0 Å². The topological polar surface area (TPSA) is 71.5 Å². The van der Waals surface area contributed by atoms with Gasteiger partial charge >= 0.3 is 0 Å². The lowest BCUT2D eigenvalue weighted by molar-refractivity contribution is -0.122. The van der Waals surface area contributed by atoms with Crippen molar-refractivity contribution in [2.75, 3.05) is 4.90 Å². The first-order valence-corrected chi connectivity index (χ1v) is 12.7. The Balaban J connectivity index is 1.33. The summed E-state index contributed by atoms with van der Waals surface area (Å²) in [7, 11) is 0. The number of hydrogen-bond donors (Lipinski definition) is 1. The zero-order valence-electron chi connectivity index (χ0n) is 19.1. The van der Waals surface area contributed by atoms with Crippen molar-refractivity contribution in [3.8, 4) is 11.6 Å². The number of carbonyl (C=O) groups excluding carboxylic acids is 2. The summed E-state index contributed by atoms with van der Waals surface area (Å²) in [4.78, 5) is 33.6. The third kappa shape index (κ3) is 5.89. The largest absolute Gasteiger partial charge is 0.439 e. The number of hydrogen-bond acceptors (Lipinski definition) is 6. The van der Waals surface area contributed by atoms with E-state index in [1.807, 2.05) is 42.5 Å². The second kappa shape index (κ2) is 11.0. The van der Waals surface area contributed by atoms with Gasteiger partial charge in [0.1, 0.15) is 11.3 Å². The third-order valence-electron chi connectivity index (χ3n) is 5.28. The summed E-state index contributed by atoms with van der Waals surface area (Å²) in [5, 5.41) is 3.23. The van der Waals surface area contributed by atoms with Crippen LogP contribution in [0.1, 0.15) is 5.56 Å². The minimum atomic E-state index is -0.566. The average molecular weight is 544 g/mol. The summed E-state index contributed by atoms with van der Waals surface area (Å²) in [6.07, 6.45) is 3.00. The van der Waals surface area contributed by atoms with E-state index in [4.69, 9.17) is 28.6 Å². The highest BCUT2D eigenvalue weighted by molar-refractivity contribution is 7.99. The number of nitrogens with zero attached hydrogens (tertiary/aromatic N) is 2. The van der Waals surface area contributed by atoms with Gasteiger partial charge in [-0.05, 0) is 90.6 Å². The normalized spacial score (nSPS) is 14.6. The highest BCUT2D eigenvalue weighted by Crippen LogP contribution is 2.30. The first kappa shape index (κ1) is 24.7. The molecule has 37 heavy (non-hydrogen) atoms. The summed E-state index contributed by atoms with van der Waals surface area (Å²) in [5.41, 5.74) is 1.07. The predicted octanol–water partition coefficient (Wildman–Crippen LogP) is 6.51. The molecule has 1 N–H and O–H groups in total. The number of anilines is 1. The van der Waals surface area contributed by atoms with Gasteiger partial charge in [-0.3, -0.25) is 19.8 Å². The van der Waals surface area contributed by atoms with Crippen LogP contribution in [0.4, 0.5) is 5.69 Å². The monoisotopic (exact) mass is 543 g/mol. The van der Waals surface area contributed by atoms with Gasteiger partial charge in [0.25, 0.3) is 11.8 Å². The van der Waals surface area contributed by atoms with Crippen molar-refractivity contribution in [2.24, 2.45) is 0 Å². The van der Waals surface area contributed by atoms with Crippen LogP contribution in [0.2, 0.25) is 5.02 Å². The van der Waals surface area contributed by atoms with Crippen molar-refractivity contribution in [2.45, 2.75) is 9.79 Å². The molecule has 6 nitrogen and oxygen atoms in total. The number of ether oxygens (including phenoxy) is 1. The Labute approximate surface area is 227 Å². The van der Waals surface area contributed by atoms with Gasteiger partial charge in [0.2, 0.25) is 5.88 Å². The molecule has 0 saturated carbocycles. The molecule has 9 heteroatoms. The molecule has 1 saturated heterocycles. The lowest BCUT2D eigenvalue weighted by Gasteiger charge is -2.29. The Morgan fingerprint density at radius 3 is 2.27 bits per heavy atom. The van der Waals surface area contributed by atoms with Crippen LogP contribution in [0.25, 0.3) is 6.08 Å². The number of benzene rings is 3. The SMILES string of the molecule is O=C1NC(=S)N(c2ccc(Sc3ccccc3)cc2)C(=O)C1=Cc1ccc(Oc2ccc(Cl)cc2)nc1. The smallest absolute Gasteiger partial charge is 0.270 e. The minimum absolute atomic E-state index is 0.0282. The molecular formula is C28H18ClN3O3S2. The van der Waals surface area contributed by atoms with Crippen LogP contribution in [0.3, 0.4) is 0 Å². The Morgan fingerprint density at radius 2 is 1.59 bits per heavy atom. The highest BCUT2D eigenvalue weighted by Gasteiger charge is 2.34. The van der Waals surface area contributed by atoms with Crippen molar-refractivity contribution < 1.29 is 14.3 Å². The lowest BCUT2D eigenvalue weighted by atomic mass is 10.1. The number of aromatic nitrogens is 1. The first-order chi connectivity index (χ1) is 18.0. The van der Waals surface area contributed by atoms with Crippen LogP contribution in [0.15, 0.2) is 113 Å². The summed E-state index contributed by atoms with van der Waals surface area (Å²) < 4.78 is 5.69. The van der Waals surface area contributed by atoms with Crippen molar-refractivity contribution in [1.82, 2.24) is 10.3 Å². The Morgan fingerprint density at radius 1 is 0.892 bits per heavy atom. The minimum Gasteiger partial charge on any atom is -0.439 e. The maximum Gasteiger partial charge on any atom is 0.270 e. The van der Waals surface area contributed by atoms with Gasteiger partial charge in [-0.25, -0.2) is 4.98 Å². The second-order valence-electron chi connectivity index (χ2n) is 7.85.